The molecule has 0 unspecified atom stereocenters. The van der Waals surface area contributed by atoms with E-state index >= 15 is 0 Å². The van der Waals surface area contributed by atoms with Gasteiger partial charge >= 0.3 is 33.3 Å². The van der Waals surface area contributed by atoms with Crippen molar-refractivity contribution >= 4 is 44.0 Å². The molecule has 3 aromatic rings. The first kappa shape index (κ1) is 27.3. The van der Waals surface area contributed by atoms with Gasteiger partial charge in [0.25, 0.3) is 0 Å². The molecule has 0 fully saturated rings. The van der Waals surface area contributed by atoms with Crippen molar-refractivity contribution in [1.82, 2.24) is 4.98 Å². The average molecular weight is 524 g/mol. The van der Waals surface area contributed by atoms with E-state index in [2.05, 4.69) is 69.1 Å². The number of benzene rings is 2. The first-order chi connectivity index (χ1) is 15.9. The molecule has 1 aromatic heterocycles. The summed E-state index contributed by atoms with van der Waals surface area (Å²) in [5, 5.41) is 0. The second-order valence-electron chi connectivity index (χ2n) is 8.51. The average Bonchev–Trinajstić information content (AvgIpc) is 2.78. The van der Waals surface area contributed by atoms with Gasteiger partial charge < -0.3 is 0 Å². The molecule has 3 rings (SSSR count). The van der Waals surface area contributed by atoms with Crippen molar-refractivity contribution in [3.05, 3.63) is 89.2 Å². The van der Waals surface area contributed by atoms with Crippen LogP contribution in [-0.2, 0) is 26.0 Å². The molecule has 0 atom stereocenters. The fraction of sp³-hybridized carbons (Fsp3) is 0.296. The molecule has 0 aliphatic rings. The molecule has 0 saturated carbocycles. The van der Waals surface area contributed by atoms with E-state index in [0.29, 0.717) is 11.8 Å². The van der Waals surface area contributed by atoms with Crippen molar-refractivity contribution in [2.75, 3.05) is 0 Å². The summed E-state index contributed by atoms with van der Waals surface area (Å²) in [6.45, 7) is 8.91. The fourth-order valence-corrected chi connectivity index (χ4v) is 3.38. The van der Waals surface area contributed by atoms with Gasteiger partial charge in [0, 0.05) is 0 Å². The van der Waals surface area contributed by atoms with Crippen LogP contribution in [0.25, 0.3) is 0 Å². The molecule has 0 N–H and O–H groups in total. The Kier molecular flexibility index (Phi) is 12.4. The van der Waals surface area contributed by atoms with Gasteiger partial charge in [-0.3, -0.25) is 9.98 Å². The van der Waals surface area contributed by atoms with Crippen molar-refractivity contribution in [3.63, 3.8) is 0 Å². The van der Waals surface area contributed by atoms with Gasteiger partial charge in [0.15, 0.2) is 0 Å². The molecule has 0 spiro atoms. The van der Waals surface area contributed by atoms with Crippen LogP contribution in [0.4, 0.5) is 11.4 Å². The van der Waals surface area contributed by atoms with Gasteiger partial charge in [-0.05, 0) is 60.1 Å². The van der Waals surface area contributed by atoms with Crippen LogP contribution in [-0.4, -0.2) is 17.4 Å². The zero-order valence-corrected chi connectivity index (χ0v) is 22.1. The number of aliphatic imine (C=N–C) groups is 2. The molecular formula is C27H31Cl2FeN3. The van der Waals surface area contributed by atoms with Crippen molar-refractivity contribution in [3.8, 4) is 0 Å². The Labute approximate surface area is 213 Å². The fourth-order valence-electron chi connectivity index (χ4n) is 3.38. The van der Waals surface area contributed by atoms with Crippen LogP contribution in [0.1, 0.15) is 50.2 Å². The Morgan fingerprint density at radius 2 is 1.09 bits per heavy atom. The van der Waals surface area contributed by atoms with E-state index in [9.17, 15) is 0 Å². The molecule has 2 aromatic carbocycles. The topological polar surface area (TPSA) is 37.6 Å². The van der Waals surface area contributed by atoms with E-state index in [1.165, 1.54) is 11.1 Å². The molecule has 33 heavy (non-hydrogen) atoms. The summed E-state index contributed by atoms with van der Waals surface area (Å²) in [5.74, 6) is 1.19. The number of rotatable bonds is 8. The molecule has 176 valence electrons. The number of nitrogens with zero attached hydrogens (tertiary/aromatic N) is 3. The SMILES string of the molecule is CC(C)Cc1ccccc1N=Cc1cccc(C=Nc2ccccc2CC(C)C)n1.[Cl][Fe][Cl]. The predicted octanol–water partition coefficient (Wildman–Crippen LogP) is 8.36. The number of hydrogen-bond donors (Lipinski definition) is 0. The van der Waals surface area contributed by atoms with Crippen molar-refractivity contribution < 1.29 is 13.1 Å². The van der Waals surface area contributed by atoms with Crippen molar-refractivity contribution in [2.24, 2.45) is 21.8 Å². The third-order valence-corrected chi connectivity index (χ3v) is 4.70. The van der Waals surface area contributed by atoms with Crippen molar-refractivity contribution in [2.45, 2.75) is 40.5 Å². The van der Waals surface area contributed by atoms with Crippen LogP contribution < -0.4 is 0 Å². The number of hydrogen-bond acceptors (Lipinski definition) is 3. The third-order valence-electron chi connectivity index (χ3n) is 4.70. The summed E-state index contributed by atoms with van der Waals surface area (Å²) in [6, 6.07) is 22.6. The molecule has 3 nitrogen and oxygen atoms in total. The van der Waals surface area contributed by atoms with Gasteiger partial charge in [0.05, 0.1) is 35.2 Å². The van der Waals surface area contributed by atoms with Gasteiger partial charge in [-0.25, -0.2) is 4.98 Å². The Balaban J connectivity index is 0.00000122. The third kappa shape index (κ3) is 10.2. The second-order valence-corrected chi connectivity index (χ2v) is 10.3. The molecule has 6 heteroatoms. The molecule has 0 saturated heterocycles. The van der Waals surface area contributed by atoms with Gasteiger partial charge in [-0.1, -0.05) is 70.2 Å². The number of halogens is 2. The Bertz CT molecular complexity index is 970. The summed E-state index contributed by atoms with van der Waals surface area (Å²) in [6.07, 6.45) is 5.71. The number of pyridine rings is 1. The van der Waals surface area contributed by atoms with E-state index in [1.54, 1.807) is 0 Å². The molecule has 0 radical (unpaired) electrons. The van der Waals surface area contributed by atoms with Crippen LogP contribution in [0.3, 0.4) is 0 Å². The summed E-state index contributed by atoms with van der Waals surface area (Å²) in [4.78, 5) is 14.1. The molecule has 1 heterocycles. The predicted molar refractivity (Wildman–Crippen MR) is 140 cm³/mol. The Hall–Kier alpha value is -1.97. The summed E-state index contributed by atoms with van der Waals surface area (Å²) < 4.78 is 0. The van der Waals surface area contributed by atoms with E-state index in [0.717, 1.165) is 35.6 Å². The summed E-state index contributed by atoms with van der Waals surface area (Å²) >= 11 is 0.194. The van der Waals surface area contributed by atoms with Crippen molar-refractivity contribution in [1.29, 1.82) is 0 Å². The van der Waals surface area contributed by atoms with Crippen LogP contribution in [0.5, 0.6) is 0 Å². The van der Waals surface area contributed by atoms with E-state index in [4.69, 9.17) is 30.2 Å². The summed E-state index contributed by atoms with van der Waals surface area (Å²) in [7, 11) is 9.53. The molecule has 0 aliphatic heterocycles. The van der Waals surface area contributed by atoms with Gasteiger partial charge in [-0.15, -0.1) is 0 Å². The van der Waals surface area contributed by atoms with E-state index < -0.39 is 0 Å². The molecule has 0 aliphatic carbocycles. The molecular weight excluding hydrogens is 493 g/mol. The van der Waals surface area contributed by atoms with E-state index in [-0.39, 0.29) is 13.1 Å². The first-order valence-corrected chi connectivity index (χ1v) is 14.0. The number of aromatic nitrogens is 1. The zero-order valence-electron chi connectivity index (χ0n) is 19.5. The van der Waals surface area contributed by atoms with E-state index in [1.807, 2.05) is 42.8 Å². The quantitative estimate of drug-likeness (QED) is 0.216. The number of para-hydroxylation sites is 2. The Morgan fingerprint density at radius 3 is 1.48 bits per heavy atom. The summed E-state index contributed by atoms with van der Waals surface area (Å²) in [5.41, 5.74) is 6.21. The normalized spacial score (nSPS) is 11.5. The second kappa shape index (κ2) is 15.0. The first-order valence-electron chi connectivity index (χ1n) is 11.0. The standard InChI is InChI=1S/C27H31N3.2ClH.Fe/c1-20(2)16-22-10-5-7-14-26(22)28-18-24-12-9-13-25(30-24)19-29-27-15-8-6-11-23(27)17-21(3)4;;;/h5-15,18-21H,16-17H2,1-4H3;2*1H;/q;;;+2/p-2. The monoisotopic (exact) mass is 523 g/mol. The van der Waals surface area contributed by atoms with Gasteiger partial charge in [0.1, 0.15) is 0 Å². The van der Waals surface area contributed by atoms with Gasteiger partial charge in [-0.2, -0.15) is 0 Å². The minimum atomic E-state index is 0.194. The zero-order chi connectivity index (χ0) is 24.1. The maximum atomic E-state index is 4.76. The molecule has 0 bridgehead atoms. The molecule has 0 amide bonds. The Morgan fingerprint density at radius 1 is 0.697 bits per heavy atom. The van der Waals surface area contributed by atoms with Crippen LogP contribution in [0, 0.1) is 11.8 Å². The minimum absolute atomic E-state index is 0.194. The van der Waals surface area contributed by atoms with Crippen LogP contribution in [0.15, 0.2) is 76.7 Å². The maximum absolute atomic E-state index is 4.76. The van der Waals surface area contributed by atoms with Crippen LogP contribution in [0.2, 0.25) is 0 Å². The van der Waals surface area contributed by atoms with Crippen LogP contribution >= 0.6 is 20.2 Å². The van der Waals surface area contributed by atoms with Gasteiger partial charge in [0.2, 0.25) is 0 Å².